The van der Waals surface area contributed by atoms with Crippen LogP contribution in [0.15, 0.2) is 0 Å². The number of hydrogen-bond acceptors (Lipinski definition) is 9. The van der Waals surface area contributed by atoms with Gasteiger partial charge < -0.3 is 0 Å². The van der Waals surface area contributed by atoms with Crippen molar-refractivity contribution in [3.05, 3.63) is 0 Å². The van der Waals surface area contributed by atoms with E-state index in [1.807, 2.05) is 0 Å². The lowest BCUT2D eigenvalue weighted by atomic mass is 10.2. The highest BCUT2D eigenvalue weighted by Gasteiger charge is 2.19. The maximum Gasteiger partial charge on any atom is 0.268 e. The summed E-state index contributed by atoms with van der Waals surface area (Å²) in [5.74, 6) is -1.58. The van der Waals surface area contributed by atoms with Crippen molar-refractivity contribution in [2.24, 2.45) is 0 Å². The van der Waals surface area contributed by atoms with E-state index >= 15 is 0 Å². The fourth-order valence-corrected chi connectivity index (χ4v) is 5.39. The Kier molecular flexibility index (Phi) is 11.1. The maximum absolute atomic E-state index is 11.6. The topological polar surface area (TPSA) is 130 Å². The summed E-state index contributed by atoms with van der Waals surface area (Å²) < 4.78 is 82.6. The summed E-state index contributed by atoms with van der Waals surface area (Å²) in [6, 6.07) is 0. The van der Waals surface area contributed by atoms with Gasteiger partial charge in [0.15, 0.2) is 17.0 Å². The van der Waals surface area contributed by atoms with Gasteiger partial charge in [-0.2, -0.15) is 16.8 Å². The third kappa shape index (κ3) is 16.0. The van der Waals surface area contributed by atoms with Crippen molar-refractivity contribution in [1.29, 1.82) is 0 Å². The molecule has 0 spiro atoms. The van der Waals surface area contributed by atoms with Crippen molar-refractivity contribution < 1.29 is 37.8 Å². The van der Waals surface area contributed by atoms with E-state index in [0.717, 1.165) is 0 Å². The molecule has 152 valence electrons. The molecular weight excluding hydrogens is 416 g/mol. The van der Waals surface area contributed by atoms with Crippen molar-refractivity contribution in [2.45, 2.75) is 45.6 Å². The zero-order valence-corrected chi connectivity index (χ0v) is 18.0. The van der Waals surface area contributed by atoms with Gasteiger partial charge in [-0.1, -0.05) is 6.42 Å². The van der Waals surface area contributed by atoms with Gasteiger partial charge in [0.1, 0.15) is 5.94 Å². The number of hydrogen-bond donors (Lipinski definition) is 0. The molecule has 0 N–H and O–H groups in total. The largest absolute Gasteiger partial charge is 0.283 e. The summed E-state index contributed by atoms with van der Waals surface area (Å²) in [7, 11) is -9.00. The summed E-state index contributed by atoms with van der Waals surface area (Å²) in [5.41, 5.74) is -0.685. The van der Waals surface area contributed by atoms with Crippen LogP contribution in [0.5, 0.6) is 0 Å². The predicted molar refractivity (Wildman–Crippen MR) is 96.4 cm³/mol. The highest BCUT2D eigenvalue weighted by Crippen LogP contribution is 2.11. The van der Waals surface area contributed by atoms with Crippen LogP contribution >= 0.6 is 0 Å². The average molecular weight is 443 g/mol. The second-order valence-corrected chi connectivity index (χ2v) is 12.0. The van der Waals surface area contributed by atoms with Gasteiger partial charge in [-0.25, -0.2) is 4.21 Å². The summed E-state index contributed by atoms with van der Waals surface area (Å²) in [4.78, 5) is 0. The Morgan fingerprint density at radius 2 is 1.24 bits per heavy atom. The molecule has 0 radical (unpaired) electrons. The molecule has 2 atom stereocenters. The van der Waals surface area contributed by atoms with Crippen molar-refractivity contribution >= 4 is 42.1 Å². The second-order valence-electron chi connectivity index (χ2n) is 6.13. The molecule has 0 aromatic rings. The first-order valence-corrected chi connectivity index (χ1v) is 13.5. The molecule has 9 nitrogen and oxygen atoms in total. The lowest BCUT2D eigenvalue weighted by Gasteiger charge is -2.17. The van der Waals surface area contributed by atoms with E-state index in [-0.39, 0.29) is 24.3 Å². The van der Waals surface area contributed by atoms with E-state index in [2.05, 4.69) is 8.37 Å². The molecule has 0 aliphatic heterocycles. The van der Waals surface area contributed by atoms with Gasteiger partial charge in [0.25, 0.3) is 20.2 Å². The summed E-state index contributed by atoms with van der Waals surface area (Å²) >= 11 is -1.89. The SMILES string of the molecule is CS(=O)COS(=O)(=O)CCCCCS(=O)(=O)OCS(=O)OC(C)(C)C. The molecule has 2 unspecified atom stereocenters. The smallest absolute Gasteiger partial charge is 0.268 e. The number of rotatable bonds is 13. The predicted octanol–water partition coefficient (Wildman–Crippen LogP) is 0.622. The maximum atomic E-state index is 11.6. The molecule has 0 aromatic heterocycles. The van der Waals surface area contributed by atoms with Crippen LogP contribution in [0.1, 0.15) is 40.0 Å². The first-order valence-electron chi connectivity index (χ1n) is 7.34. The lowest BCUT2D eigenvalue weighted by molar-refractivity contribution is 0.147. The van der Waals surface area contributed by atoms with Crippen molar-refractivity contribution in [1.82, 2.24) is 0 Å². The summed E-state index contributed by atoms with van der Waals surface area (Å²) in [5, 5.41) is 0. The van der Waals surface area contributed by atoms with E-state index in [9.17, 15) is 25.3 Å². The summed E-state index contributed by atoms with van der Waals surface area (Å²) in [6.45, 7) is 5.03. The van der Waals surface area contributed by atoms with Gasteiger partial charge in [0.05, 0.1) is 17.1 Å². The van der Waals surface area contributed by atoms with Gasteiger partial charge in [0.2, 0.25) is 0 Å². The standard InChI is InChI=1S/C12H26O9S4/c1-12(2,3)21-23(14)11-20-25(17,18)9-7-5-6-8-24(15,16)19-10-22(4)13/h5-11H2,1-4H3. The normalized spacial score (nSPS) is 15.8. The third-order valence-electron chi connectivity index (χ3n) is 2.35. The molecule has 25 heavy (non-hydrogen) atoms. The van der Waals surface area contributed by atoms with Crippen LogP contribution in [0, 0.1) is 0 Å². The van der Waals surface area contributed by atoms with Gasteiger partial charge in [-0.05, 0) is 33.6 Å². The Balaban J connectivity index is 4.04. The Bertz CT molecular complexity index is 647. The summed E-state index contributed by atoms with van der Waals surface area (Å²) in [6.07, 6.45) is 2.03. The van der Waals surface area contributed by atoms with E-state index in [4.69, 9.17) is 4.18 Å². The fraction of sp³-hybridized carbons (Fsp3) is 1.00. The monoisotopic (exact) mass is 442 g/mol. The molecule has 0 aliphatic carbocycles. The zero-order valence-electron chi connectivity index (χ0n) is 14.8. The van der Waals surface area contributed by atoms with E-state index < -0.39 is 59.6 Å². The molecule has 13 heteroatoms. The van der Waals surface area contributed by atoms with Crippen LogP contribution in [-0.4, -0.2) is 60.5 Å². The van der Waals surface area contributed by atoms with Gasteiger partial charge >= 0.3 is 0 Å². The van der Waals surface area contributed by atoms with E-state index in [1.165, 1.54) is 6.26 Å². The molecule has 0 amide bonds. The van der Waals surface area contributed by atoms with Crippen molar-refractivity contribution in [2.75, 3.05) is 29.6 Å². The highest BCUT2D eigenvalue weighted by molar-refractivity contribution is 7.88. The molecule has 0 fully saturated rings. The molecule has 0 saturated carbocycles. The first kappa shape index (κ1) is 25.1. The minimum atomic E-state index is -3.86. The zero-order chi connectivity index (χ0) is 19.7. The molecule has 0 aliphatic rings. The van der Waals surface area contributed by atoms with Gasteiger partial charge in [-0.3, -0.25) is 16.8 Å². The Morgan fingerprint density at radius 1 is 0.800 bits per heavy atom. The molecular formula is C12H26O9S4. The van der Waals surface area contributed by atoms with E-state index in [0.29, 0.717) is 6.42 Å². The minimum Gasteiger partial charge on any atom is -0.283 e. The molecule has 0 rings (SSSR count). The average Bonchev–Trinajstić information content (AvgIpc) is 2.41. The number of unbranched alkanes of at least 4 members (excludes halogenated alkanes) is 2. The molecule has 0 bridgehead atoms. The van der Waals surface area contributed by atoms with Crippen LogP contribution in [0.2, 0.25) is 0 Å². The van der Waals surface area contributed by atoms with Gasteiger partial charge in [0, 0.05) is 17.1 Å². The Labute approximate surface area is 155 Å². The first-order chi connectivity index (χ1) is 11.2. The van der Waals surface area contributed by atoms with Crippen LogP contribution in [-0.2, 0) is 54.7 Å². The Hall–Kier alpha value is 0.0800. The third-order valence-corrected chi connectivity index (χ3v) is 6.62. The lowest BCUT2D eigenvalue weighted by Crippen LogP contribution is -2.24. The molecule has 0 saturated heterocycles. The minimum absolute atomic E-state index is 0.185. The van der Waals surface area contributed by atoms with Gasteiger partial charge in [-0.15, -0.1) is 0 Å². The molecule has 0 aromatic carbocycles. The highest BCUT2D eigenvalue weighted by atomic mass is 32.2. The van der Waals surface area contributed by atoms with Crippen molar-refractivity contribution in [3.8, 4) is 0 Å². The second kappa shape index (κ2) is 11.0. The molecule has 0 heterocycles. The Morgan fingerprint density at radius 3 is 1.64 bits per heavy atom. The fourth-order valence-electron chi connectivity index (χ4n) is 1.41. The quantitative estimate of drug-likeness (QED) is 0.297. The van der Waals surface area contributed by atoms with Crippen LogP contribution in [0.3, 0.4) is 0 Å². The van der Waals surface area contributed by atoms with Crippen LogP contribution in [0.4, 0.5) is 0 Å². The van der Waals surface area contributed by atoms with Crippen LogP contribution in [0.25, 0.3) is 0 Å². The van der Waals surface area contributed by atoms with Crippen LogP contribution < -0.4 is 0 Å². The van der Waals surface area contributed by atoms with E-state index in [1.54, 1.807) is 20.8 Å². The van der Waals surface area contributed by atoms with Crippen molar-refractivity contribution in [3.63, 3.8) is 0 Å².